The second-order valence-corrected chi connectivity index (χ2v) is 3.78. The van der Waals surface area contributed by atoms with Gasteiger partial charge in [0.15, 0.2) is 0 Å². The zero-order chi connectivity index (χ0) is 9.84. The molecule has 1 aliphatic heterocycles. The first-order chi connectivity index (χ1) is 6.16. The lowest BCUT2D eigenvalue weighted by Gasteiger charge is -2.36. The number of hydrogen-bond donors (Lipinski definition) is 0. The summed E-state index contributed by atoms with van der Waals surface area (Å²) in [7, 11) is 1.45. The fourth-order valence-corrected chi connectivity index (χ4v) is 2.00. The number of carbonyl (C=O) groups is 1. The van der Waals surface area contributed by atoms with Crippen LogP contribution in [-0.2, 0) is 9.53 Å². The van der Waals surface area contributed by atoms with Gasteiger partial charge in [0.25, 0.3) is 0 Å². The molecular formula is C10H19NO2. The largest absolute Gasteiger partial charge is 0.468 e. The first-order valence-corrected chi connectivity index (χ1v) is 5.00. The number of nitrogens with zero attached hydrogens (tertiary/aromatic N) is 1. The van der Waals surface area contributed by atoms with E-state index in [1.165, 1.54) is 26.4 Å². The summed E-state index contributed by atoms with van der Waals surface area (Å²) >= 11 is 0. The second kappa shape index (κ2) is 4.61. The average Bonchev–Trinajstić information content (AvgIpc) is 2.16. The van der Waals surface area contributed by atoms with Crippen LogP contribution in [0.4, 0.5) is 0 Å². The highest BCUT2D eigenvalue weighted by molar-refractivity contribution is 5.75. The van der Waals surface area contributed by atoms with Crippen molar-refractivity contribution in [3.63, 3.8) is 0 Å². The summed E-state index contributed by atoms with van der Waals surface area (Å²) in [6.07, 6.45) is 3.68. The quantitative estimate of drug-likeness (QED) is 0.609. The topological polar surface area (TPSA) is 29.5 Å². The molecule has 1 rings (SSSR count). The van der Waals surface area contributed by atoms with Crippen molar-refractivity contribution in [2.24, 2.45) is 0 Å². The van der Waals surface area contributed by atoms with E-state index in [4.69, 9.17) is 4.74 Å². The van der Waals surface area contributed by atoms with Crippen molar-refractivity contribution in [1.29, 1.82) is 0 Å². The normalized spacial score (nSPS) is 26.8. The standard InChI is InChI=1S/C10H19NO2/c1-8-6-4-5-7-11(8)9(2)10(12)13-3/h8-9H,4-7H2,1-3H3. The Morgan fingerprint density at radius 1 is 1.54 bits per heavy atom. The lowest BCUT2D eigenvalue weighted by Crippen LogP contribution is -2.47. The van der Waals surface area contributed by atoms with Crippen LogP contribution in [-0.4, -0.2) is 36.6 Å². The van der Waals surface area contributed by atoms with E-state index in [2.05, 4.69) is 11.8 Å². The van der Waals surface area contributed by atoms with Crippen LogP contribution in [0, 0.1) is 0 Å². The van der Waals surface area contributed by atoms with Crippen molar-refractivity contribution >= 4 is 5.97 Å². The van der Waals surface area contributed by atoms with Crippen molar-refractivity contribution in [3.05, 3.63) is 0 Å². The fourth-order valence-electron chi connectivity index (χ4n) is 2.00. The predicted molar refractivity (Wildman–Crippen MR) is 51.5 cm³/mol. The van der Waals surface area contributed by atoms with Gasteiger partial charge >= 0.3 is 5.97 Å². The van der Waals surface area contributed by atoms with E-state index in [9.17, 15) is 4.79 Å². The fraction of sp³-hybridized carbons (Fsp3) is 0.900. The number of rotatable bonds is 2. The molecule has 2 unspecified atom stereocenters. The second-order valence-electron chi connectivity index (χ2n) is 3.78. The third kappa shape index (κ3) is 2.44. The number of likely N-dealkylation sites (tertiary alicyclic amines) is 1. The molecule has 0 aromatic heterocycles. The molecule has 3 nitrogen and oxygen atoms in total. The summed E-state index contributed by atoms with van der Waals surface area (Å²) in [5, 5.41) is 0. The Bertz CT molecular complexity index is 182. The van der Waals surface area contributed by atoms with E-state index in [0.29, 0.717) is 6.04 Å². The highest BCUT2D eigenvalue weighted by atomic mass is 16.5. The van der Waals surface area contributed by atoms with E-state index in [0.717, 1.165) is 6.54 Å². The minimum absolute atomic E-state index is 0.0831. The van der Waals surface area contributed by atoms with Gasteiger partial charge in [0.2, 0.25) is 0 Å². The molecule has 13 heavy (non-hydrogen) atoms. The molecule has 3 heteroatoms. The molecule has 0 aliphatic carbocycles. The van der Waals surface area contributed by atoms with Crippen molar-refractivity contribution in [2.75, 3.05) is 13.7 Å². The molecule has 1 heterocycles. The molecule has 1 saturated heterocycles. The van der Waals surface area contributed by atoms with Gasteiger partial charge < -0.3 is 4.74 Å². The van der Waals surface area contributed by atoms with Crippen LogP contribution in [0.2, 0.25) is 0 Å². The molecule has 0 spiro atoms. The van der Waals surface area contributed by atoms with Gasteiger partial charge in [0, 0.05) is 6.04 Å². The van der Waals surface area contributed by atoms with Gasteiger partial charge in [0.1, 0.15) is 6.04 Å². The molecule has 0 saturated carbocycles. The van der Waals surface area contributed by atoms with Crippen LogP contribution >= 0.6 is 0 Å². The van der Waals surface area contributed by atoms with Crippen LogP contribution in [0.5, 0.6) is 0 Å². The monoisotopic (exact) mass is 185 g/mol. The van der Waals surface area contributed by atoms with Gasteiger partial charge in [-0.2, -0.15) is 0 Å². The van der Waals surface area contributed by atoms with E-state index in [1.807, 2.05) is 6.92 Å². The van der Waals surface area contributed by atoms with Crippen molar-refractivity contribution in [1.82, 2.24) is 4.90 Å². The van der Waals surface area contributed by atoms with Gasteiger partial charge in [-0.1, -0.05) is 6.42 Å². The Balaban J connectivity index is 2.53. The maximum Gasteiger partial charge on any atom is 0.322 e. The summed E-state index contributed by atoms with van der Waals surface area (Å²) in [6.45, 7) is 5.13. The Kier molecular flexibility index (Phi) is 3.72. The number of methoxy groups -OCH3 is 1. The Morgan fingerprint density at radius 2 is 2.23 bits per heavy atom. The molecule has 0 aromatic rings. The first-order valence-electron chi connectivity index (χ1n) is 5.00. The maximum absolute atomic E-state index is 11.3. The highest BCUT2D eigenvalue weighted by Crippen LogP contribution is 2.19. The molecular weight excluding hydrogens is 166 g/mol. The van der Waals surface area contributed by atoms with E-state index in [1.54, 1.807) is 0 Å². The molecule has 1 aliphatic rings. The summed E-state index contributed by atoms with van der Waals surface area (Å²) in [5.41, 5.74) is 0. The molecule has 0 radical (unpaired) electrons. The molecule has 0 amide bonds. The molecule has 0 aromatic carbocycles. The SMILES string of the molecule is COC(=O)C(C)N1CCCCC1C. The highest BCUT2D eigenvalue weighted by Gasteiger charge is 2.27. The molecule has 1 fully saturated rings. The van der Waals surface area contributed by atoms with Crippen LogP contribution in [0.3, 0.4) is 0 Å². The van der Waals surface area contributed by atoms with Gasteiger partial charge in [0.05, 0.1) is 7.11 Å². The Morgan fingerprint density at radius 3 is 2.77 bits per heavy atom. The third-order valence-electron chi connectivity index (χ3n) is 2.89. The maximum atomic E-state index is 11.3. The smallest absolute Gasteiger partial charge is 0.322 e. The Hall–Kier alpha value is -0.570. The van der Waals surface area contributed by atoms with Crippen LogP contribution in [0.25, 0.3) is 0 Å². The van der Waals surface area contributed by atoms with Crippen LogP contribution in [0.1, 0.15) is 33.1 Å². The summed E-state index contributed by atoms with van der Waals surface area (Å²) in [6, 6.07) is 0.433. The molecule has 0 N–H and O–H groups in total. The Labute approximate surface area is 80.1 Å². The summed E-state index contributed by atoms with van der Waals surface area (Å²) in [4.78, 5) is 13.5. The number of hydrogen-bond acceptors (Lipinski definition) is 3. The predicted octanol–water partition coefficient (Wildman–Crippen LogP) is 1.42. The van der Waals surface area contributed by atoms with Crippen molar-refractivity contribution in [2.45, 2.75) is 45.2 Å². The van der Waals surface area contributed by atoms with Gasteiger partial charge in [-0.25, -0.2) is 0 Å². The van der Waals surface area contributed by atoms with E-state index >= 15 is 0 Å². The number of piperidine rings is 1. The van der Waals surface area contributed by atoms with E-state index < -0.39 is 0 Å². The van der Waals surface area contributed by atoms with Crippen LogP contribution in [0.15, 0.2) is 0 Å². The third-order valence-corrected chi connectivity index (χ3v) is 2.89. The summed E-state index contributed by atoms with van der Waals surface area (Å²) in [5.74, 6) is -0.117. The number of esters is 1. The number of carbonyl (C=O) groups excluding carboxylic acids is 1. The zero-order valence-corrected chi connectivity index (χ0v) is 8.75. The van der Waals surface area contributed by atoms with E-state index in [-0.39, 0.29) is 12.0 Å². The average molecular weight is 185 g/mol. The van der Waals surface area contributed by atoms with Crippen LogP contribution < -0.4 is 0 Å². The lowest BCUT2D eigenvalue weighted by atomic mass is 10.0. The zero-order valence-electron chi connectivity index (χ0n) is 8.75. The minimum Gasteiger partial charge on any atom is -0.468 e. The molecule has 2 atom stereocenters. The minimum atomic E-state index is -0.117. The molecule has 76 valence electrons. The van der Waals surface area contributed by atoms with Crippen molar-refractivity contribution in [3.8, 4) is 0 Å². The lowest BCUT2D eigenvalue weighted by molar-refractivity contribution is -0.147. The van der Waals surface area contributed by atoms with Gasteiger partial charge in [-0.05, 0) is 33.2 Å². The van der Waals surface area contributed by atoms with Gasteiger partial charge in [-0.3, -0.25) is 9.69 Å². The summed E-state index contributed by atoms with van der Waals surface area (Å²) < 4.78 is 4.73. The molecule has 0 bridgehead atoms. The van der Waals surface area contributed by atoms with Gasteiger partial charge in [-0.15, -0.1) is 0 Å². The first kappa shape index (κ1) is 10.5. The number of ether oxygens (including phenoxy) is 1. The van der Waals surface area contributed by atoms with Crippen molar-refractivity contribution < 1.29 is 9.53 Å².